The lowest BCUT2D eigenvalue weighted by atomic mass is 9.99. The number of nitrogens with one attached hydrogen (secondary N) is 2. The van der Waals surface area contributed by atoms with Crippen LogP contribution in [0.3, 0.4) is 0 Å². The second-order valence-electron chi connectivity index (χ2n) is 11.4. The van der Waals surface area contributed by atoms with Crippen molar-refractivity contribution in [3.05, 3.63) is 51.5 Å². The first-order valence-corrected chi connectivity index (χ1v) is 13.5. The molecule has 10 nitrogen and oxygen atoms in total. The van der Waals surface area contributed by atoms with Gasteiger partial charge in [-0.2, -0.15) is 0 Å². The van der Waals surface area contributed by atoms with Crippen molar-refractivity contribution >= 4 is 58.6 Å². The minimum Gasteiger partial charge on any atom is -0.460 e. The van der Waals surface area contributed by atoms with E-state index in [1.165, 1.54) is 4.90 Å². The monoisotopic (exact) mass is 612 g/mol. The lowest BCUT2D eigenvalue weighted by Gasteiger charge is -2.30. The number of esters is 1. The van der Waals surface area contributed by atoms with E-state index in [1.807, 2.05) is 13.8 Å². The summed E-state index contributed by atoms with van der Waals surface area (Å²) in [5.74, 6) is -2.71. The Morgan fingerprint density at radius 2 is 1.61 bits per heavy atom. The van der Waals surface area contributed by atoms with Crippen molar-refractivity contribution in [2.45, 2.75) is 78.9 Å². The van der Waals surface area contributed by atoms with Crippen LogP contribution in [0.25, 0.3) is 0 Å². The van der Waals surface area contributed by atoms with Crippen LogP contribution in [0.4, 0.5) is 25.4 Å². The number of ether oxygens (including phenoxy) is 2. The Labute approximate surface area is 248 Å². The fourth-order valence-corrected chi connectivity index (χ4v) is 3.95. The molecule has 0 radical (unpaired) electrons. The topological polar surface area (TPSA) is 127 Å². The number of pyridine rings is 1. The van der Waals surface area contributed by atoms with Gasteiger partial charge in [0.15, 0.2) is 11.0 Å². The van der Waals surface area contributed by atoms with Gasteiger partial charge < -0.3 is 14.8 Å². The highest BCUT2D eigenvalue weighted by Gasteiger charge is 2.29. The number of carbonyl (C=O) groups excluding carboxylic acids is 4. The van der Waals surface area contributed by atoms with Gasteiger partial charge in [0.2, 0.25) is 0 Å². The normalized spacial score (nSPS) is 11.6. The summed E-state index contributed by atoms with van der Waals surface area (Å²) in [6.07, 6.45) is -0.934. The van der Waals surface area contributed by atoms with E-state index in [0.717, 1.165) is 6.07 Å². The molecule has 0 bridgehead atoms. The highest BCUT2D eigenvalue weighted by molar-refractivity contribution is 6.35. The smallest absolute Gasteiger partial charge is 0.414 e. The molecule has 0 fully saturated rings. The van der Waals surface area contributed by atoms with E-state index in [4.69, 9.17) is 32.7 Å². The second-order valence-corrected chi connectivity index (χ2v) is 12.1. The molecule has 0 atom stereocenters. The summed E-state index contributed by atoms with van der Waals surface area (Å²) < 4.78 is 24.9. The summed E-state index contributed by atoms with van der Waals surface area (Å²) in [6.45, 7) is 13.9. The third-order valence-electron chi connectivity index (χ3n) is 5.16. The van der Waals surface area contributed by atoms with Gasteiger partial charge >= 0.3 is 18.1 Å². The van der Waals surface area contributed by atoms with Crippen LogP contribution in [0.5, 0.6) is 0 Å². The molecule has 1 heterocycles. The van der Waals surface area contributed by atoms with E-state index in [9.17, 15) is 23.6 Å². The Kier molecular flexibility index (Phi) is 11.1. The number of anilines is 2. The second kappa shape index (κ2) is 13.5. The van der Waals surface area contributed by atoms with Crippen LogP contribution in [-0.4, -0.2) is 46.7 Å². The largest absolute Gasteiger partial charge is 0.460 e. The number of hydrogen-bond acceptors (Lipinski definition) is 7. The predicted octanol–water partition coefficient (Wildman–Crippen LogP) is 7.09. The van der Waals surface area contributed by atoms with Gasteiger partial charge in [-0.15, -0.1) is 0 Å². The van der Waals surface area contributed by atoms with Gasteiger partial charge in [0, 0.05) is 6.54 Å². The number of benzene rings is 1. The fourth-order valence-electron chi connectivity index (χ4n) is 3.54. The minimum absolute atomic E-state index is 0.133. The average molecular weight is 614 g/mol. The molecule has 0 aliphatic heterocycles. The summed E-state index contributed by atoms with van der Waals surface area (Å²) in [5, 5.41) is 3.76. The molecule has 2 rings (SSSR count). The maximum absolute atomic E-state index is 13.9. The average Bonchev–Trinajstić information content (AvgIpc) is 2.79. The van der Waals surface area contributed by atoms with Crippen LogP contribution in [0.1, 0.15) is 83.7 Å². The van der Waals surface area contributed by atoms with Crippen LogP contribution in [-0.2, 0) is 14.3 Å². The SMILES string of the molecule is CC(C)c1cccc(N(CCC(=O)OC(C)(C)C)C(=O)OC(C)(C)C)c1NC(=O)NC(=O)c1cc(F)c(Cl)nc1Cl. The highest BCUT2D eigenvalue weighted by atomic mass is 35.5. The molecule has 2 aromatic rings. The van der Waals surface area contributed by atoms with Gasteiger partial charge in [0.25, 0.3) is 5.91 Å². The first kappa shape index (κ1) is 33.8. The van der Waals surface area contributed by atoms with Crippen LogP contribution >= 0.6 is 23.2 Å². The van der Waals surface area contributed by atoms with E-state index < -0.39 is 56.9 Å². The van der Waals surface area contributed by atoms with E-state index in [0.29, 0.717) is 5.56 Å². The molecule has 0 saturated carbocycles. The zero-order valence-electron chi connectivity index (χ0n) is 24.3. The Balaban J connectivity index is 2.46. The number of rotatable bonds is 7. The van der Waals surface area contributed by atoms with Gasteiger partial charge in [-0.1, -0.05) is 49.2 Å². The number of urea groups is 1. The molecule has 0 saturated heterocycles. The summed E-state index contributed by atoms with van der Waals surface area (Å²) in [7, 11) is 0. The maximum atomic E-state index is 13.9. The first-order chi connectivity index (χ1) is 18.8. The third kappa shape index (κ3) is 10.2. The zero-order chi connectivity index (χ0) is 31.3. The molecule has 41 heavy (non-hydrogen) atoms. The van der Waals surface area contributed by atoms with Crippen molar-refractivity contribution in [3.63, 3.8) is 0 Å². The number of nitrogens with zero attached hydrogens (tertiary/aromatic N) is 2. The Morgan fingerprint density at radius 3 is 2.17 bits per heavy atom. The molecule has 1 aromatic carbocycles. The number of imide groups is 1. The third-order valence-corrected chi connectivity index (χ3v) is 5.71. The molecule has 1 aromatic heterocycles. The maximum Gasteiger partial charge on any atom is 0.414 e. The molecule has 2 N–H and O–H groups in total. The van der Waals surface area contributed by atoms with Gasteiger partial charge in [-0.05, 0) is 65.2 Å². The van der Waals surface area contributed by atoms with E-state index in [-0.39, 0.29) is 30.3 Å². The van der Waals surface area contributed by atoms with Crippen molar-refractivity contribution in [1.82, 2.24) is 10.3 Å². The van der Waals surface area contributed by atoms with Crippen LogP contribution < -0.4 is 15.5 Å². The number of halogens is 3. The summed E-state index contributed by atoms with van der Waals surface area (Å²) in [4.78, 5) is 56.3. The van der Waals surface area contributed by atoms with Gasteiger partial charge in [0.05, 0.1) is 23.4 Å². The Morgan fingerprint density at radius 1 is 1.00 bits per heavy atom. The van der Waals surface area contributed by atoms with Gasteiger partial charge in [0.1, 0.15) is 16.4 Å². The van der Waals surface area contributed by atoms with Crippen molar-refractivity contribution in [1.29, 1.82) is 0 Å². The van der Waals surface area contributed by atoms with Crippen LogP contribution in [0.15, 0.2) is 24.3 Å². The van der Waals surface area contributed by atoms with Crippen molar-refractivity contribution in [3.8, 4) is 0 Å². The fraction of sp³-hybridized carbons (Fsp3) is 0.464. The zero-order valence-corrected chi connectivity index (χ0v) is 25.8. The van der Waals surface area contributed by atoms with Crippen molar-refractivity contribution in [2.24, 2.45) is 0 Å². The molecule has 4 amide bonds. The number of hydrogen-bond donors (Lipinski definition) is 2. The molecule has 224 valence electrons. The lowest BCUT2D eigenvalue weighted by molar-refractivity contribution is -0.154. The molecular formula is C28H35Cl2FN4O6. The van der Waals surface area contributed by atoms with E-state index >= 15 is 0 Å². The van der Waals surface area contributed by atoms with Crippen LogP contribution in [0.2, 0.25) is 10.3 Å². The first-order valence-electron chi connectivity index (χ1n) is 12.8. The van der Waals surface area contributed by atoms with E-state index in [1.54, 1.807) is 59.7 Å². The standard InChI is InChI=1S/C28H35Cl2FN4O6/c1-15(2)16-10-9-11-19(35(26(39)41-28(6,7)8)13-12-20(36)40-27(3,4)5)21(16)32-25(38)34-24(37)17-14-18(31)23(30)33-22(17)29/h9-11,14-15H,12-13H2,1-8H3,(H2,32,34,37,38). The molecular weight excluding hydrogens is 578 g/mol. The number of para-hydroxylation sites is 1. The number of aromatic nitrogens is 1. The highest BCUT2D eigenvalue weighted by Crippen LogP contribution is 2.35. The molecule has 13 heteroatoms. The number of amides is 4. The van der Waals surface area contributed by atoms with Crippen molar-refractivity contribution < 1.29 is 33.0 Å². The summed E-state index contributed by atoms with van der Waals surface area (Å²) in [6, 6.07) is 4.76. The predicted molar refractivity (Wildman–Crippen MR) is 155 cm³/mol. The minimum atomic E-state index is -1.03. The lowest BCUT2D eigenvalue weighted by Crippen LogP contribution is -2.40. The molecule has 0 unspecified atom stereocenters. The molecule has 0 aliphatic carbocycles. The summed E-state index contributed by atoms with van der Waals surface area (Å²) in [5.41, 5.74) is -0.978. The molecule has 0 aliphatic rings. The number of carbonyl (C=O) groups is 4. The Hall–Kier alpha value is -3.44. The van der Waals surface area contributed by atoms with Crippen LogP contribution in [0, 0.1) is 5.82 Å². The van der Waals surface area contributed by atoms with Gasteiger partial charge in [-0.25, -0.2) is 19.0 Å². The van der Waals surface area contributed by atoms with Crippen molar-refractivity contribution in [2.75, 3.05) is 16.8 Å². The van der Waals surface area contributed by atoms with E-state index in [2.05, 4.69) is 15.6 Å². The quantitative estimate of drug-likeness (QED) is 0.252. The summed E-state index contributed by atoms with van der Waals surface area (Å²) >= 11 is 11.5. The molecule has 0 spiro atoms. The Bertz CT molecular complexity index is 1320. The van der Waals surface area contributed by atoms with Gasteiger partial charge in [-0.3, -0.25) is 19.8 Å².